The fourth-order valence-electron chi connectivity index (χ4n) is 1.37. The van der Waals surface area contributed by atoms with Gasteiger partial charge in [-0.15, -0.1) is 0 Å². The largest absolute Gasteiger partial charge is 0.480 e. The number of aliphatic carboxylic acids is 1. The van der Waals surface area contributed by atoms with Crippen molar-refractivity contribution in [2.24, 2.45) is 0 Å². The Bertz CT molecular complexity index is 316. The van der Waals surface area contributed by atoms with Crippen molar-refractivity contribution >= 4 is 5.97 Å². The molecule has 1 unspecified atom stereocenters. The van der Waals surface area contributed by atoms with Gasteiger partial charge in [0.1, 0.15) is 12.4 Å². The first kappa shape index (κ1) is 12.6. The van der Waals surface area contributed by atoms with E-state index < -0.39 is 12.0 Å². The van der Waals surface area contributed by atoms with Gasteiger partial charge >= 0.3 is 5.97 Å². The second-order valence-electron chi connectivity index (χ2n) is 3.61. The molecule has 0 aliphatic heterocycles. The molecular weight excluding hydrogens is 206 g/mol. The summed E-state index contributed by atoms with van der Waals surface area (Å²) in [6.07, 6.45) is 5.66. The Balaban J connectivity index is 2.41. The lowest BCUT2D eigenvalue weighted by atomic mass is 10.1. The van der Waals surface area contributed by atoms with Gasteiger partial charge in [0.2, 0.25) is 0 Å². The smallest absolute Gasteiger partial charge is 0.320 e. The topological polar surface area (TPSA) is 75.1 Å². The maximum Gasteiger partial charge on any atom is 0.320 e. The number of nitrogens with one attached hydrogen (secondary N) is 1. The zero-order valence-corrected chi connectivity index (χ0v) is 9.39. The van der Waals surface area contributed by atoms with Crippen molar-refractivity contribution < 1.29 is 9.90 Å². The van der Waals surface area contributed by atoms with Gasteiger partial charge in [-0.2, -0.15) is 0 Å². The number of rotatable bonds is 7. The van der Waals surface area contributed by atoms with Crippen molar-refractivity contribution in [2.75, 3.05) is 0 Å². The van der Waals surface area contributed by atoms with Crippen molar-refractivity contribution in [3.05, 3.63) is 24.3 Å². The van der Waals surface area contributed by atoms with Gasteiger partial charge in [-0.25, -0.2) is 9.97 Å². The summed E-state index contributed by atoms with van der Waals surface area (Å²) >= 11 is 0. The van der Waals surface area contributed by atoms with E-state index in [1.54, 1.807) is 12.3 Å². The van der Waals surface area contributed by atoms with Crippen LogP contribution in [0.2, 0.25) is 0 Å². The number of carboxylic acids is 1. The van der Waals surface area contributed by atoms with E-state index in [2.05, 4.69) is 15.3 Å². The van der Waals surface area contributed by atoms with Crippen LogP contribution in [0.3, 0.4) is 0 Å². The van der Waals surface area contributed by atoms with Crippen LogP contribution in [0.25, 0.3) is 0 Å². The van der Waals surface area contributed by atoms with Crippen LogP contribution in [-0.2, 0) is 11.3 Å². The van der Waals surface area contributed by atoms with E-state index >= 15 is 0 Å². The van der Waals surface area contributed by atoms with Crippen LogP contribution in [0.1, 0.15) is 31.9 Å². The first-order chi connectivity index (χ1) is 7.74. The minimum atomic E-state index is -0.803. The Labute approximate surface area is 94.9 Å². The van der Waals surface area contributed by atoms with E-state index in [1.165, 1.54) is 6.33 Å². The van der Waals surface area contributed by atoms with Crippen molar-refractivity contribution in [1.82, 2.24) is 15.3 Å². The van der Waals surface area contributed by atoms with Gasteiger partial charge in [-0.1, -0.05) is 19.8 Å². The second-order valence-corrected chi connectivity index (χ2v) is 3.61. The van der Waals surface area contributed by atoms with Crippen LogP contribution in [0, 0.1) is 0 Å². The van der Waals surface area contributed by atoms with Gasteiger partial charge in [0.05, 0.1) is 5.69 Å². The molecule has 0 radical (unpaired) electrons. The Morgan fingerprint density at radius 3 is 3.00 bits per heavy atom. The molecule has 1 aromatic heterocycles. The summed E-state index contributed by atoms with van der Waals surface area (Å²) in [5.41, 5.74) is 0.803. The summed E-state index contributed by atoms with van der Waals surface area (Å²) < 4.78 is 0. The fourth-order valence-corrected chi connectivity index (χ4v) is 1.37. The molecule has 5 nitrogen and oxygen atoms in total. The summed E-state index contributed by atoms with van der Waals surface area (Å²) in [5, 5.41) is 12.0. The van der Waals surface area contributed by atoms with Crippen molar-refractivity contribution in [3.8, 4) is 0 Å². The zero-order chi connectivity index (χ0) is 11.8. The Kier molecular flexibility index (Phi) is 5.42. The summed E-state index contributed by atoms with van der Waals surface area (Å²) in [7, 11) is 0. The summed E-state index contributed by atoms with van der Waals surface area (Å²) in [6.45, 7) is 2.51. The highest BCUT2D eigenvalue weighted by atomic mass is 16.4. The Morgan fingerprint density at radius 1 is 1.62 bits per heavy atom. The molecule has 1 atom stereocenters. The molecule has 5 heteroatoms. The summed E-state index contributed by atoms with van der Waals surface area (Å²) in [6, 6.07) is 1.28. The number of nitrogens with zero attached hydrogens (tertiary/aromatic N) is 2. The van der Waals surface area contributed by atoms with Crippen LogP contribution in [-0.4, -0.2) is 27.1 Å². The maximum absolute atomic E-state index is 10.9. The quantitative estimate of drug-likeness (QED) is 0.726. The third kappa shape index (κ3) is 4.35. The van der Waals surface area contributed by atoms with E-state index in [0.717, 1.165) is 18.5 Å². The molecule has 1 heterocycles. The molecule has 1 rings (SSSR count). The van der Waals surface area contributed by atoms with Gasteiger partial charge in [0, 0.05) is 12.7 Å². The molecule has 0 bridgehead atoms. The first-order valence-electron chi connectivity index (χ1n) is 5.45. The third-order valence-electron chi connectivity index (χ3n) is 2.32. The molecule has 0 fully saturated rings. The highest BCUT2D eigenvalue weighted by molar-refractivity contribution is 5.73. The molecule has 1 aromatic rings. The highest BCUT2D eigenvalue weighted by Crippen LogP contribution is 2.02. The number of aromatic nitrogens is 2. The highest BCUT2D eigenvalue weighted by Gasteiger charge is 2.15. The molecule has 0 aromatic carbocycles. The third-order valence-corrected chi connectivity index (χ3v) is 2.32. The van der Waals surface area contributed by atoms with E-state index in [-0.39, 0.29) is 0 Å². The number of hydrogen-bond donors (Lipinski definition) is 2. The lowest BCUT2D eigenvalue weighted by Crippen LogP contribution is -2.36. The number of carboxylic acid groups (broad SMARTS) is 1. The Hall–Kier alpha value is -1.49. The Morgan fingerprint density at radius 2 is 2.44 bits per heavy atom. The van der Waals surface area contributed by atoms with Crippen LogP contribution in [0.4, 0.5) is 0 Å². The zero-order valence-electron chi connectivity index (χ0n) is 9.39. The van der Waals surface area contributed by atoms with Crippen LogP contribution in [0.5, 0.6) is 0 Å². The predicted octanol–water partition coefficient (Wildman–Crippen LogP) is 1.21. The molecule has 0 aliphatic carbocycles. The maximum atomic E-state index is 10.9. The van der Waals surface area contributed by atoms with Crippen molar-refractivity contribution in [2.45, 2.75) is 38.8 Å². The molecule has 0 amide bonds. The van der Waals surface area contributed by atoms with Gasteiger partial charge in [-0.3, -0.25) is 10.1 Å². The first-order valence-corrected chi connectivity index (χ1v) is 5.45. The molecule has 0 aliphatic rings. The minimum Gasteiger partial charge on any atom is -0.480 e. The molecule has 2 N–H and O–H groups in total. The van der Waals surface area contributed by atoms with Gasteiger partial charge in [0.25, 0.3) is 0 Å². The molecule has 0 saturated heterocycles. The normalized spacial score (nSPS) is 12.3. The monoisotopic (exact) mass is 223 g/mol. The average molecular weight is 223 g/mol. The molecule has 88 valence electrons. The lowest BCUT2D eigenvalue weighted by Gasteiger charge is -2.13. The van der Waals surface area contributed by atoms with E-state index in [1.807, 2.05) is 6.92 Å². The number of carbonyl (C=O) groups is 1. The van der Waals surface area contributed by atoms with Crippen LogP contribution >= 0.6 is 0 Å². The second kappa shape index (κ2) is 6.90. The van der Waals surface area contributed by atoms with Crippen molar-refractivity contribution in [3.63, 3.8) is 0 Å². The fraction of sp³-hybridized carbons (Fsp3) is 0.545. The molecule has 0 spiro atoms. The summed E-state index contributed by atoms with van der Waals surface area (Å²) in [5.74, 6) is -0.803. The van der Waals surface area contributed by atoms with Crippen molar-refractivity contribution in [1.29, 1.82) is 0 Å². The van der Waals surface area contributed by atoms with E-state index in [0.29, 0.717) is 13.0 Å². The predicted molar refractivity (Wildman–Crippen MR) is 59.8 cm³/mol. The standard InChI is InChI=1S/C11H17N3O2/c1-2-3-4-10(11(15)16)13-7-9-5-6-12-8-14-9/h5-6,8,10,13H,2-4,7H2,1H3,(H,15,16). The average Bonchev–Trinajstić information content (AvgIpc) is 2.30. The number of unbranched alkanes of at least 4 members (excludes halogenated alkanes) is 1. The SMILES string of the molecule is CCCCC(NCc1ccncn1)C(=O)O. The van der Waals surface area contributed by atoms with Gasteiger partial charge in [0.15, 0.2) is 0 Å². The molecular formula is C11H17N3O2. The molecule has 0 saturated carbocycles. The van der Waals surface area contributed by atoms with Gasteiger partial charge in [-0.05, 0) is 12.5 Å². The van der Waals surface area contributed by atoms with Crippen LogP contribution in [0.15, 0.2) is 18.6 Å². The lowest BCUT2D eigenvalue weighted by molar-refractivity contribution is -0.139. The van der Waals surface area contributed by atoms with Gasteiger partial charge < -0.3 is 5.11 Å². The van der Waals surface area contributed by atoms with E-state index in [4.69, 9.17) is 5.11 Å². The number of hydrogen-bond acceptors (Lipinski definition) is 4. The van der Waals surface area contributed by atoms with Crippen LogP contribution < -0.4 is 5.32 Å². The minimum absolute atomic E-state index is 0.462. The van der Waals surface area contributed by atoms with E-state index in [9.17, 15) is 4.79 Å². The summed E-state index contributed by atoms with van der Waals surface area (Å²) in [4.78, 5) is 18.8. The molecule has 16 heavy (non-hydrogen) atoms.